The first-order chi connectivity index (χ1) is 7.54. The largest absolute Gasteiger partial charge is 0.395 e. The summed E-state index contributed by atoms with van der Waals surface area (Å²) in [5.41, 5.74) is 1.38. The number of rotatable bonds is 5. The molecule has 0 saturated heterocycles. The minimum atomic E-state index is -0.218. The number of likely N-dealkylation sites (N-methyl/N-ethyl adjacent to an activating group) is 1. The highest BCUT2D eigenvalue weighted by atomic mass is 35.5. The number of benzene rings is 1. The number of halogens is 2. The molecule has 1 rings (SSSR count). The molecule has 90 valence electrons. The van der Waals surface area contributed by atoms with Gasteiger partial charge in [0, 0.05) is 18.1 Å². The predicted molar refractivity (Wildman–Crippen MR) is 64.4 cm³/mol. The molecule has 1 aromatic carbocycles. The van der Waals surface area contributed by atoms with Crippen molar-refractivity contribution in [3.05, 3.63) is 34.1 Å². The fraction of sp³-hybridized carbons (Fsp3) is 0.500. The molecule has 0 heterocycles. The van der Waals surface area contributed by atoms with Gasteiger partial charge in [0.05, 0.1) is 6.61 Å². The molecular formula is C12H17ClFNO. The third-order valence-corrected chi connectivity index (χ3v) is 2.92. The van der Waals surface area contributed by atoms with Crippen molar-refractivity contribution in [2.45, 2.75) is 13.3 Å². The van der Waals surface area contributed by atoms with E-state index in [1.165, 1.54) is 6.07 Å². The van der Waals surface area contributed by atoms with Crippen LogP contribution >= 0.6 is 11.6 Å². The lowest BCUT2D eigenvalue weighted by Gasteiger charge is -2.15. The fourth-order valence-corrected chi connectivity index (χ4v) is 1.79. The van der Waals surface area contributed by atoms with Crippen molar-refractivity contribution in [1.82, 2.24) is 4.90 Å². The second-order valence-electron chi connectivity index (χ2n) is 3.97. The van der Waals surface area contributed by atoms with Crippen LogP contribution in [0.5, 0.6) is 0 Å². The summed E-state index contributed by atoms with van der Waals surface area (Å²) >= 11 is 6.03. The van der Waals surface area contributed by atoms with Crippen molar-refractivity contribution in [3.8, 4) is 0 Å². The lowest BCUT2D eigenvalue weighted by Crippen LogP contribution is -2.24. The van der Waals surface area contributed by atoms with Gasteiger partial charge in [-0.1, -0.05) is 11.6 Å². The van der Waals surface area contributed by atoms with Gasteiger partial charge in [-0.2, -0.15) is 0 Å². The van der Waals surface area contributed by atoms with Crippen molar-refractivity contribution in [3.63, 3.8) is 0 Å². The lowest BCUT2D eigenvalue weighted by molar-refractivity contribution is 0.223. The van der Waals surface area contributed by atoms with E-state index in [0.717, 1.165) is 12.1 Å². The summed E-state index contributed by atoms with van der Waals surface area (Å²) in [6, 6.07) is 3.14. The molecule has 1 N–H and O–H groups in total. The van der Waals surface area contributed by atoms with Gasteiger partial charge in [0.15, 0.2) is 0 Å². The molecule has 0 aliphatic heterocycles. The SMILES string of the molecule is Cc1cc(Cl)c(CCN(C)CCO)cc1F. The fourth-order valence-electron chi connectivity index (χ4n) is 1.47. The van der Waals surface area contributed by atoms with E-state index in [0.29, 0.717) is 23.6 Å². The van der Waals surface area contributed by atoms with Crippen molar-refractivity contribution < 1.29 is 9.50 Å². The molecule has 1 aromatic rings. The standard InChI is InChI=1S/C12H17ClFNO/c1-9-7-11(13)10(8-12(9)14)3-4-15(2)5-6-16/h7-8,16H,3-6H2,1-2H3. The number of aryl methyl sites for hydroxylation is 1. The zero-order valence-corrected chi connectivity index (χ0v) is 10.4. The molecule has 0 spiro atoms. The first-order valence-electron chi connectivity index (χ1n) is 5.28. The Morgan fingerprint density at radius 1 is 1.38 bits per heavy atom. The first kappa shape index (κ1) is 13.4. The Hall–Kier alpha value is -0.640. The van der Waals surface area contributed by atoms with Crippen LogP contribution in [0.25, 0.3) is 0 Å². The predicted octanol–water partition coefficient (Wildman–Crippen LogP) is 2.25. The van der Waals surface area contributed by atoms with Crippen molar-refractivity contribution in [2.75, 3.05) is 26.7 Å². The van der Waals surface area contributed by atoms with Gasteiger partial charge in [-0.05, 0) is 43.7 Å². The Morgan fingerprint density at radius 3 is 2.69 bits per heavy atom. The Balaban J connectivity index is 2.63. The summed E-state index contributed by atoms with van der Waals surface area (Å²) in [6.07, 6.45) is 0.687. The summed E-state index contributed by atoms with van der Waals surface area (Å²) in [7, 11) is 1.91. The van der Waals surface area contributed by atoms with Crippen LogP contribution in [0.3, 0.4) is 0 Å². The Labute approximate surface area is 101 Å². The molecule has 16 heavy (non-hydrogen) atoms. The third kappa shape index (κ3) is 3.74. The molecule has 0 fully saturated rings. The second-order valence-corrected chi connectivity index (χ2v) is 4.38. The average Bonchev–Trinajstić information content (AvgIpc) is 2.22. The Bertz CT molecular complexity index is 357. The van der Waals surface area contributed by atoms with Crippen LogP contribution in [-0.2, 0) is 6.42 Å². The van der Waals surface area contributed by atoms with E-state index in [9.17, 15) is 4.39 Å². The molecule has 2 nitrogen and oxygen atoms in total. The van der Waals surface area contributed by atoms with Crippen molar-refractivity contribution >= 4 is 11.6 Å². The third-order valence-electron chi connectivity index (χ3n) is 2.57. The van der Waals surface area contributed by atoms with Gasteiger partial charge in [-0.3, -0.25) is 0 Å². The molecule has 0 radical (unpaired) electrons. The molecule has 0 atom stereocenters. The first-order valence-corrected chi connectivity index (χ1v) is 5.66. The number of aliphatic hydroxyl groups excluding tert-OH is 1. The summed E-state index contributed by atoms with van der Waals surface area (Å²) in [5.74, 6) is -0.218. The molecule has 4 heteroatoms. The van der Waals surface area contributed by atoms with Gasteiger partial charge in [-0.25, -0.2) is 4.39 Å². The van der Waals surface area contributed by atoms with E-state index in [4.69, 9.17) is 16.7 Å². The molecule has 0 aliphatic carbocycles. The van der Waals surface area contributed by atoms with Crippen LogP contribution in [-0.4, -0.2) is 36.8 Å². The molecule has 0 unspecified atom stereocenters. The maximum atomic E-state index is 13.3. The summed E-state index contributed by atoms with van der Waals surface area (Å²) in [5, 5.41) is 9.35. The Kier molecular flexibility index (Phi) is 5.19. The number of hydrogen-bond acceptors (Lipinski definition) is 2. The molecule has 0 saturated carbocycles. The molecular weight excluding hydrogens is 229 g/mol. The van der Waals surface area contributed by atoms with Crippen LogP contribution in [0.1, 0.15) is 11.1 Å². The summed E-state index contributed by atoms with van der Waals surface area (Å²) < 4.78 is 13.3. The van der Waals surface area contributed by atoms with Crippen LogP contribution < -0.4 is 0 Å². The van der Waals surface area contributed by atoms with Crippen LogP contribution in [0, 0.1) is 12.7 Å². The molecule has 0 aromatic heterocycles. The van der Waals surface area contributed by atoms with Gasteiger partial charge in [0.1, 0.15) is 5.82 Å². The minimum Gasteiger partial charge on any atom is -0.395 e. The van der Waals surface area contributed by atoms with E-state index in [-0.39, 0.29) is 12.4 Å². The molecule has 0 aliphatic rings. The van der Waals surface area contributed by atoms with E-state index in [1.807, 2.05) is 11.9 Å². The Morgan fingerprint density at radius 2 is 2.06 bits per heavy atom. The monoisotopic (exact) mass is 245 g/mol. The minimum absolute atomic E-state index is 0.131. The van der Waals surface area contributed by atoms with Gasteiger partial charge in [0.25, 0.3) is 0 Å². The number of nitrogens with zero attached hydrogens (tertiary/aromatic N) is 1. The van der Waals surface area contributed by atoms with Gasteiger partial charge in [-0.15, -0.1) is 0 Å². The van der Waals surface area contributed by atoms with Crippen molar-refractivity contribution in [1.29, 1.82) is 0 Å². The average molecular weight is 246 g/mol. The van der Waals surface area contributed by atoms with Gasteiger partial charge >= 0.3 is 0 Å². The van der Waals surface area contributed by atoms with Crippen LogP contribution in [0.2, 0.25) is 5.02 Å². The maximum Gasteiger partial charge on any atom is 0.126 e. The van der Waals surface area contributed by atoms with Crippen LogP contribution in [0.4, 0.5) is 4.39 Å². The second kappa shape index (κ2) is 6.18. The zero-order valence-electron chi connectivity index (χ0n) is 9.63. The quantitative estimate of drug-likeness (QED) is 0.860. The summed E-state index contributed by atoms with van der Waals surface area (Å²) in [6.45, 7) is 3.20. The van der Waals surface area contributed by atoms with E-state index in [1.54, 1.807) is 13.0 Å². The number of aliphatic hydroxyl groups is 1. The highest BCUT2D eigenvalue weighted by Crippen LogP contribution is 2.20. The van der Waals surface area contributed by atoms with Crippen molar-refractivity contribution in [2.24, 2.45) is 0 Å². The van der Waals surface area contributed by atoms with E-state index >= 15 is 0 Å². The van der Waals surface area contributed by atoms with E-state index in [2.05, 4.69) is 0 Å². The molecule has 0 amide bonds. The van der Waals surface area contributed by atoms with Gasteiger partial charge in [0.2, 0.25) is 0 Å². The number of hydrogen-bond donors (Lipinski definition) is 1. The highest BCUT2D eigenvalue weighted by molar-refractivity contribution is 6.31. The topological polar surface area (TPSA) is 23.5 Å². The maximum absolute atomic E-state index is 13.3. The van der Waals surface area contributed by atoms with E-state index < -0.39 is 0 Å². The van der Waals surface area contributed by atoms with Gasteiger partial charge < -0.3 is 10.0 Å². The normalized spacial score (nSPS) is 11.1. The lowest BCUT2D eigenvalue weighted by atomic mass is 10.1. The highest BCUT2D eigenvalue weighted by Gasteiger charge is 2.06. The van der Waals surface area contributed by atoms with Crippen LogP contribution in [0.15, 0.2) is 12.1 Å². The smallest absolute Gasteiger partial charge is 0.126 e. The summed E-state index contributed by atoms with van der Waals surface area (Å²) in [4.78, 5) is 1.98. The zero-order chi connectivity index (χ0) is 12.1. The molecule has 0 bridgehead atoms.